The van der Waals surface area contributed by atoms with Gasteiger partial charge in [0.1, 0.15) is 23.2 Å². The number of hydrogen-bond acceptors (Lipinski definition) is 9. The number of oxazole rings is 1. The summed E-state index contributed by atoms with van der Waals surface area (Å²) < 4.78 is 15.3. The third kappa shape index (κ3) is 8.20. The van der Waals surface area contributed by atoms with Crippen molar-refractivity contribution in [1.29, 1.82) is 0 Å². The summed E-state index contributed by atoms with van der Waals surface area (Å²) in [5.41, 5.74) is -3.93. The topological polar surface area (TPSA) is 150 Å². The number of carboxylic acids is 1. The maximum atomic E-state index is 12.2. The zero-order valence-corrected chi connectivity index (χ0v) is 17.8. The average Bonchev–Trinajstić information content (AvgIpc) is 2.91. The summed E-state index contributed by atoms with van der Waals surface area (Å²) >= 11 is 0. The lowest BCUT2D eigenvalue weighted by Gasteiger charge is -2.26. The predicted molar refractivity (Wildman–Crippen MR) is 102 cm³/mol. The van der Waals surface area contributed by atoms with E-state index in [1.807, 2.05) is 0 Å². The number of hydrogen-bond donors (Lipinski definition) is 2. The van der Waals surface area contributed by atoms with E-state index in [1.54, 1.807) is 41.5 Å². The van der Waals surface area contributed by atoms with E-state index < -0.39 is 40.5 Å². The number of carbonyl (C=O) groups is 3. The number of nitrogens with zero attached hydrogens (tertiary/aromatic N) is 2. The van der Waals surface area contributed by atoms with E-state index in [1.165, 1.54) is 13.8 Å². The van der Waals surface area contributed by atoms with Crippen molar-refractivity contribution < 1.29 is 38.2 Å². The summed E-state index contributed by atoms with van der Waals surface area (Å²) in [6.45, 7) is 12.8. The molecule has 0 aromatic carbocycles. The Kier molecular flexibility index (Phi) is 7.01. The second-order valence-electron chi connectivity index (χ2n) is 8.51. The van der Waals surface area contributed by atoms with Crippen LogP contribution in [0.15, 0.2) is 15.8 Å². The van der Waals surface area contributed by atoms with Gasteiger partial charge in [0, 0.05) is 0 Å². The first-order valence-electron chi connectivity index (χ1n) is 8.69. The molecule has 0 spiro atoms. The predicted octanol–water partition coefficient (Wildman–Crippen LogP) is 2.95. The van der Waals surface area contributed by atoms with E-state index in [2.05, 4.69) is 15.5 Å². The number of ether oxygens (including phenoxy) is 2. The molecule has 1 rings (SSSR count). The largest absolute Gasteiger partial charge is 0.476 e. The van der Waals surface area contributed by atoms with Crippen LogP contribution in [0, 0.1) is 0 Å². The first-order chi connectivity index (χ1) is 13.0. The lowest BCUT2D eigenvalue weighted by Crippen LogP contribution is -2.40. The molecule has 0 saturated heterocycles. The first kappa shape index (κ1) is 23.9. The van der Waals surface area contributed by atoms with Gasteiger partial charge in [-0.25, -0.2) is 19.7 Å². The van der Waals surface area contributed by atoms with Gasteiger partial charge < -0.3 is 23.8 Å². The summed E-state index contributed by atoms with van der Waals surface area (Å²) in [5, 5.41) is 15.1. The monoisotopic (exact) mass is 413 g/mol. The van der Waals surface area contributed by atoms with E-state index in [0.717, 1.165) is 6.26 Å². The van der Waals surface area contributed by atoms with Crippen LogP contribution in [0.5, 0.6) is 0 Å². The van der Waals surface area contributed by atoms with Crippen LogP contribution in [-0.2, 0) is 23.9 Å². The first-order valence-corrected chi connectivity index (χ1v) is 8.69. The third-order valence-electron chi connectivity index (χ3n) is 2.81. The van der Waals surface area contributed by atoms with Crippen LogP contribution in [0.4, 0.5) is 10.8 Å². The van der Waals surface area contributed by atoms with Crippen LogP contribution in [0.3, 0.4) is 0 Å². The molecule has 29 heavy (non-hydrogen) atoms. The van der Waals surface area contributed by atoms with Crippen LogP contribution < -0.4 is 5.32 Å². The Morgan fingerprint density at radius 1 is 1.03 bits per heavy atom. The number of esters is 1. The van der Waals surface area contributed by atoms with Crippen LogP contribution in [0.2, 0.25) is 0 Å². The number of carboxylic acid groups (broad SMARTS) is 1. The zero-order valence-electron chi connectivity index (χ0n) is 17.8. The van der Waals surface area contributed by atoms with Crippen LogP contribution in [0.25, 0.3) is 0 Å². The summed E-state index contributed by atoms with van der Waals surface area (Å²) in [5.74, 6) is -2.21. The molecule has 11 nitrogen and oxygen atoms in total. The van der Waals surface area contributed by atoms with Crippen molar-refractivity contribution in [2.24, 2.45) is 5.16 Å². The molecule has 0 atom stereocenters. The summed E-state index contributed by atoms with van der Waals surface area (Å²) in [7, 11) is 0. The van der Waals surface area contributed by atoms with Crippen LogP contribution in [-0.4, -0.2) is 50.6 Å². The zero-order chi connectivity index (χ0) is 22.6. The molecule has 0 aliphatic rings. The van der Waals surface area contributed by atoms with E-state index in [0.29, 0.717) is 0 Å². The summed E-state index contributed by atoms with van der Waals surface area (Å²) in [6, 6.07) is -0.297. The van der Waals surface area contributed by atoms with Gasteiger partial charge in [-0.3, -0.25) is 0 Å². The fourth-order valence-electron chi connectivity index (χ4n) is 1.62. The number of aliphatic carboxylic acids is 1. The molecule has 1 aromatic heterocycles. The van der Waals surface area contributed by atoms with Gasteiger partial charge in [-0.2, -0.15) is 4.98 Å². The average molecular weight is 413 g/mol. The number of anilines is 1. The Hall–Kier alpha value is -3.11. The van der Waals surface area contributed by atoms with Crippen molar-refractivity contribution >= 4 is 29.8 Å². The normalized spacial score (nSPS) is 12.9. The Morgan fingerprint density at radius 2 is 1.59 bits per heavy atom. The molecule has 11 heteroatoms. The van der Waals surface area contributed by atoms with Crippen molar-refractivity contribution in [2.75, 3.05) is 5.32 Å². The second kappa shape index (κ2) is 8.50. The molecule has 0 saturated carbocycles. The van der Waals surface area contributed by atoms with E-state index >= 15 is 0 Å². The fourth-order valence-corrected chi connectivity index (χ4v) is 1.62. The molecule has 162 valence electrons. The van der Waals surface area contributed by atoms with Gasteiger partial charge in [-0.15, -0.1) is 0 Å². The molecule has 0 radical (unpaired) electrons. The number of oxime groups is 1. The Balaban J connectivity index is 2.96. The van der Waals surface area contributed by atoms with Crippen LogP contribution >= 0.6 is 0 Å². The molecule has 1 amide bonds. The fraction of sp³-hybridized carbons (Fsp3) is 0.611. The molecular weight excluding hydrogens is 386 g/mol. The number of aromatic nitrogens is 1. The smallest absolute Gasteiger partial charge is 0.415 e. The number of amides is 1. The standard InChI is InChI=1S/C18H27N3O8/c1-16(2,3)27-13(24)18(7,8)29-21-11(12(22)23)10-9-26-14(19-10)20-15(25)28-17(4,5)6/h9H,1-8H3,(H,22,23)(H,19,20,25)/b21-11-. The van der Waals surface area contributed by atoms with Crippen molar-refractivity contribution in [1.82, 2.24) is 4.98 Å². The van der Waals surface area contributed by atoms with Gasteiger partial charge in [0.05, 0.1) is 0 Å². The molecular formula is C18H27N3O8. The lowest BCUT2D eigenvalue weighted by atomic mass is 10.1. The van der Waals surface area contributed by atoms with Gasteiger partial charge in [-0.05, 0) is 55.4 Å². The van der Waals surface area contributed by atoms with Gasteiger partial charge in [0.15, 0.2) is 0 Å². The number of rotatable bonds is 6. The van der Waals surface area contributed by atoms with Gasteiger partial charge in [0.2, 0.25) is 11.3 Å². The number of carbonyl (C=O) groups excluding carboxylic acids is 2. The minimum atomic E-state index is -1.56. The Bertz CT molecular complexity index is 797. The molecule has 0 bridgehead atoms. The Labute approximate surface area is 168 Å². The molecule has 1 aromatic rings. The van der Waals surface area contributed by atoms with Crippen molar-refractivity contribution in [3.05, 3.63) is 12.0 Å². The highest BCUT2D eigenvalue weighted by atomic mass is 16.7. The quantitative estimate of drug-likeness (QED) is 0.407. The summed E-state index contributed by atoms with van der Waals surface area (Å²) in [4.78, 5) is 44.4. The molecule has 0 aliphatic carbocycles. The van der Waals surface area contributed by atoms with E-state index in [-0.39, 0.29) is 11.7 Å². The van der Waals surface area contributed by atoms with Crippen molar-refractivity contribution in [3.8, 4) is 0 Å². The molecule has 0 unspecified atom stereocenters. The Morgan fingerprint density at radius 3 is 2.07 bits per heavy atom. The van der Waals surface area contributed by atoms with Crippen molar-refractivity contribution in [3.63, 3.8) is 0 Å². The highest BCUT2D eigenvalue weighted by Gasteiger charge is 2.36. The lowest BCUT2D eigenvalue weighted by molar-refractivity contribution is -0.179. The SMILES string of the molecule is CC(C)(C)OC(=O)Nc1nc(/C(=N/OC(C)(C)C(=O)OC(C)(C)C)C(=O)O)co1. The van der Waals surface area contributed by atoms with E-state index in [9.17, 15) is 19.5 Å². The van der Waals surface area contributed by atoms with Gasteiger partial charge in [0.25, 0.3) is 0 Å². The molecule has 0 aliphatic heterocycles. The third-order valence-corrected chi connectivity index (χ3v) is 2.81. The highest BCUT2D eigenvalue weighted by Crippen LogP contribution is 2.19. The van der Waals surface area contributed by atoms with Gasteiger partial charge in [-0.1, -0.05) is 5.16 Å². The van der Waals surface area contributed by atoms with Crippen molar-refractivity contribution in [2.45, 2.75) is 72.2 Å². The molecule has 0 fully saturated rings. The maximum Gasteiger partial charge on any atom is 0.415 e. The molecule has 2 N–H and O–H groups in total. The van der Waals surface area contributed by atoms with E-state index in [4.69, 9.17) is 18.7 Å². The minimum Gasteiger partial charge on any atom is -0.476 e. The second-order valence-corrected chi connectivity index (χ2v) is 8.51. The maximum absolute atomic E-state index is 12.2. The molecule has 1 heterocycles. The minimum absolute atomic E-state index is 0.233. The number of nitrogens with one attached hydrogen (secondary N) is 1. The highest BCUT2D eigenvalue weighted by molar-refractivity contribution is 6.41. The van der Waals surface area contributed by atoms with Crippen LogP contribution in [0.1, 0.15) is 61.1 Å². The van der Waals surface area contributed by atoms with Gasteiger partial charge >= 0.3 is 24.0 Å². The summed E-state index contributed by atoms with van der Waals surface area (Å²) in [6.07, 6.45) is 0.130.